The van der Waals surface area contributed by atoms with Crippen LogP contribution >= 0.6 is 11.6 Å². The van der Waals surface area contributed by atoms with Gasteiger partial charge in [-0.05, 0) is 42.8 Å². The zero-order chi connectivity index (χ0) is 18.7. The molecule has 0 aliphatic heterocycles. The molecule has 0 saturated carbocycles. The smallest absolute Gasteiger partial charge is 0.163 e. The van der Waals surface area contributed by atoms with Gasteiger partial charge in [0, 0.05) is 10.7 Å². The predicted octanol–water partition coefficient (Wildman–Crippen LogP) is 3.62. The van der Waals surface area contributed by atoms with Gasteiger partial charge in [-0.15, -0.1) is 10.2 Å². The first-order chi connectivity index (χ1) is 12.5. The van der Waals surface area contributed by atoms with Crippen molar-refractivity contribution >= 4 is 28.3 Å². The molecule has 7 nitrogen and oxygen atoms in total. The van der Waals surface area contributed by atoms with E-state index in [-0.39, 0.29) is 11.3 Å². The predicted molar refractivity (Wildman–Crippen MR) is 96.1 cm³/mol. The maximum Gasteiger partial charge on any atom is 0.163 e. The summed E-state index contributed by atoms with van der Waals surface area (Å²) < 4.78 is 0. The SMILES string of the molecule is Cc1ccc(-n2nc3ccc(NC(C#N)=C(C#N)C#N)cc3n2)cc1Cl. The van der Waals surface area contributed by atoms with Crippen LogP contribution in [0.15, 0.2) is 47.7 Å². The zero-order valence-corrected chi connectivity index (χ0v) is 14.3. The lowest BCUT2D eigenvalue weighted by Crippen LogP contribution is -2.00. The molecule has 124 valence electrons. The molecule has 0 unspecified atom stereocenters. The molecule has 0 saturated heterocycles. The second-order valence-corrected chi connectivity index (χ2v) is 5.74. The summed E-state index contributed by atoms with van der Waals surface area (Å²) in [7, 11) is 0. The molecule has 1 aromatic heterocycles. The van der Waals surface area contributed by atoms with Gasteiger partial charge in [0.1, 0.15) is 34.9 Å². The van der Waals surface area contributed by atoms with E-state index in [1.165, 1.54) is 4.80 Å². The second kappa shape index (κ2) is 6.94. The first-order valence-corrected chi connectivity index (χ1v) is 7.78. The molecule has 3 rings (SSSR count). The Morgan fingerprint density at radius 3 is 2.38 bits per heavy atom. The third-order valence-electron chi connectivity index (χ3n) is 3.62. The Morgan fingerprint density at radius 1 is 1.00 bits per heavy atom. The lowest BCUT2D eigenvalue weighted by Gasteiger charge is -2.03. The number of anilines is 1. The van der Waals surface area contributed by atoms with Gasteiger partial charge in [-0.2, -0.15) is 20.6 Å². The highest BCUT2D eigenvalue weighted by atomic mass is 35.5. The molecule has 8 heteroatoms. The van der Waals surface area contributed by atoms with Crippen LogP contribution in [0, 0.1) is 40.9 Å². The number of nitriles is 3. The van der Waals surface area contributed by atoms with E-state index in [2.05, 4.69) is 15.5 Å². The minimum absolute atomic E-state index is 0.118. The highest BCUT2D eigenvalue weighted by Gasteiger charge is 2.10. The summed E-state index contributed by atoms with van der Waals surface area (Å²) in [5.74, 6) is 0. The average Bonchev–Trinajstić information content (AvgIpc) is 3.07. The van der Waals surface area contributed by atoms with Crippen molar-refractivity contribution < 1.29 is 0 Å². The molecule has 0 bridgehead atoms. The topological polar surface area (TPSA) is 114 Å². The van der Waals surface area contributed by atoms with Gasteiger partial charge in [-0.25, -0.2) is 0 Å². The lowest BCUT2D eigenvalue weighted by molar-refractivity contribution is 0.765. The van der Waals surface area contributed by atoms with Crippen LogP contribution in [0.4, 0.5) is 5.69 Å². The fourth-order valence-electron chi connectivity index (χ4n) is 2.24. The molecular weight excluding hydrogens is 350 g/mol. The van der Waals surface area contributed by atoms with Crippen molar-refractivity contribution in [3.8, 4) is 23.9 Å². The van der Waals surface area contributed by atoms with E-state index in [4.69, 9.17) is 27.4 Å². The minimum atomic E-state index is -0.287. The van der Waals surface area contributed by atoms with E-state index >= 15 is 0 Å². The number of nitrogens with one attached hydrogen (secondary N) is 1. The largest absolute Gasteiger partial charge is 0.345 e. The Morgan fingerprint density at radius 2 is 1.73 bits per heavy atom. The molecule has 0 fully saturated rings. The number of allylic oxidation sites excluding steroid dienone is 2. The summed E-state index contributed by atoms with van der Waals surface area (Å²) in [6.45, 7) is 1.91. The molecule has 0 aliphatic carbocycles. The summed E-state index contributed by atoms with van der Waals surface area (Å²) >= 11 is 6.15. The fraction of sp³-hybridized carbons (Fsp3) is 0.0556. The number of halogens is 1. The number of rotatable bonds is 3. The van der Waals surface area contributed by atoms with E-state index in [0.29, 0.717) is 21.7 Å². The number of aromatic nitrogens is 3. The van der Waals surface area contributed by atoms with Crippen molar-refractivity contribution in [2.45, 2.75) is 6.92 Å². The third-order valence-corrected chi connectivity index (χ3v) is 4.03. The summed E-state index contributed by atoms with van der Waals surface area (Å²) in [6, 6.07) is 15.8. The Bertz CT molecular complexity index is 1150. The first kappa shape index (κ1) is 17.0. The maximum absolute atomic E-state index is 9.12. The van der Waals surface area contributed by atoms with E-state index < -0.39 is 0 Å². The standard InChI is InChI=1S/C18H10ClN7/c1-11-2-4-14(7-15(11)19)26-24-16-5-3-13(6-17(16)25-26)23-18(10-22)12(8-20)9-21/h2-7,23H,1H3. The Kier molecular flexibility index (Phi) is 4.53. The molecule has 0 amide bonds. The number of hydrogen-bond donors (Lipinski definition) is 1. The van der Waals surface area contributed by atoms with Gasteiger partial charge in [0.2, 0.25) is 0 Å². The Balaban J connectivity index is 1.99. The van der Waals surface area contributed by atoms with E-state index in [0.717, 1.165) is 11.3 Å². The van der Waals surface area contributed by atoms with E-state index in [9.17, 15) is 0 Å². The van der Waals surface area contributed by atoms with Crippen LogP contribution in [0.25, 0.3) is 16.7 Å². The molecule has 0 atom stereocenters. The van der Waals surface area contributed by atoms with Crippen LogP contribution in [0.5, 0.6) is 0 Å². The zero-order valence-electron chi connectivity index (χ0n) is 13.5. The molecule has 0 aliphatic rings. The van der Waals surface area contributed by atoms with Gasteiger partial charge in [-0.3, -0.25) is 0 Å². The van der Waals surface area contributed by atoms with Crippen molar-refractivity contribution in [3.05, 3.63) is 58.3 Å². The number of hydrogen-bond acceptors (Lipinski definition) is 6. The van der Waals surface area contributed by atoms with Crippen molar-refractivity contribution in [3.63, 3.8) is 0 Å². The second-order valence-electron chi connectivity index (χ2n) is 5.34. The van der Waals surface area contributed by atoms with Crippen molar-refractivity contribution in [1.82, 2.24) is 15.0 Å². The first-order valence-electron chi connectivity index (χ1n) is 7.41. The van der Waals surface area contributed by atoms with Crippen LogP contribution in [-0.2, 0) is 0 Å². The fourth-order valence-corrected chi connectivity index (χ4v) is 2.42. The monoisotopic (exact) mass is 359 g/mol. The van der Waals surface area contributed by atoms with Gasteiger partial charge in [0.15, 0.2) is 5.57 Å². The normalized spacial score (nSPS) is 9.81. The van der Waals surface area contributed by atoms with Gasteiger partial charge in [-0.1, -0.05) is 17.7 Å². The van der Waals surface area contributed by atoms with Crippen molar-refractivity contribution in [2.75, 3.05) is 5.32 Å². The van der Waals surface area contributed by atoms with Gasteiger partial charge < -0.3 is 5.32 Å². The van der Waals surface area contributed by atoms with Crippen LogP contribution in [0.3, 0.4) is 0 Å². The highest BCUT2D eigenvalue weighted by Crippen LogP contribution is 2.22. The molecule has 0 radical (unpaired) electrons. The average molecular weight is 360 g/mol. The Hall–Kier alpha value is -3.86. The van der Waals surface area contributed by atoms with Gasteiger partial charge in [0.05, 0.1) is 5.69 Å². The van der Waals surface area contributed by atoms with Crippen molar-refractivity contribution in [1.29, 1.82) is 15.8 Å². The molecule has 3 aromatic rings. The van der Waals surface area contributed by atoms with Crippen LogP contribution < -0.4 is 5.32 Å². The minimum Gasteiger partial charge on any atom is -0.345 e. The van der Waals surface area contributed by atoms with Crippen LogP contribution in [0.1, 0.15) is 5.56 Å². The summed E-state index contributed by atoms with van der Waals surface area (Å²) in [5, 5.41) is 39.1. The summed E-state index contributed by atoms with van der Waals surface area (Å²) in [4.78, 5) is 1.47. The van der Waals surface area contributed by atoms with Gasteiger partial charge in [0.25, 0.3) is 0 Å². The molecular formula is C18H10ClN7. The number of aryl methyl sites for hydroxylation is 1. The molecule has 1 N–H and O–H groups in total. The number of nitrogens with zero attached hydrogens (tertiary/aromatic N) is 6. The van der Waals surface area contributed by atoms with E-state index in [1.54, 1.807) is 36.4 Å². The Labute approximate surface area is 153 Å². The maximum atomic E-state index is 9.12. The van der Waals surface area contributed by atoms with Crippen LogP contribution in [0.2, 0.25) is 5.02 Å². The van der Waals surface area contributed by atoms with Crippen LogP contribution in [-0.4, -0.2) is 15.0 Å². The molecule has 0 spiro atoms. The third kappa shape index (κ3) is 3.18. The van der Waals surface area contributed by atoms with Crippen molar-refractivity contribution in [2.24, 2.45) is 0 Å². The molecule has 1 heterocycles. The van der Waals surface area contributed by atoms with E-state index in [1.807, 2.05) is 25.1 Å². The molecule has 2 aromatic carbocycles. The summed E-state index contributed by atoms with van der Waals surface area (Å²) in [5.41, 5.74) is 3.03. The lowest BCUT2D eigenvalue weighted by atomic mass is 10.2. The number of fused-ring (bicyclic) bond motifs is 1. The number of benzene rings is 2. The highest BCUT2D eigenvalue weighted by molar-refractivity contribution is 6.31. The summed E-state index contributed by atoms with van der Waals surface area (Å²) in [6.07, 6.45) is 0. The quantitative estimate of drug-likeness (QED) is 0.714. The molecule has 26 heavy (non-hydrogen) atoms. The van der Waals surface area contributed by atoms with Gasteiger partial charge >= 0.3 is 0 Å².